The van der Waals surface area contributed by atoms with E-state index in [1.54, 1.807) is 11.3 Å². The second-order valence-corrected chi connectivity index (χ2v) is 7.55. The predicted octanol–water partition coefficient (Wildman–Crippen LogP) is 3.19. The highest BCUT2D eigenvalue weighted by molar-refractivity contribution is 7.09. The molecule has 0 amide bonds. The zero-order chi connectivity index (χ0) is 14.9. The van der Waals surface area contributed by atoms with Gasteiger partial charge in [-0.25, -0.2) is 0 Å². The van der Waals surface area contributed by atoms with E-state index in [2.05, 4.69) is 58.7 Å². The molecule has 1 saturated carbocycles. The Balaban J connectivity index is 1.67. The van der Waals surface area contributed by atoms with E-state index in [1.165, 1.54) is 17.7 Å². The monoisotopic (exact) mass is 306 g/mol. The highest BCUT2D eigenvalue weighted by Crippen LogP contribution is 2.33. The number of rotatable bonds is 6. The molecule has 1 N–H and O–H groups in total. The fourth-order valence-electron chi connectivity index (χ4n) is 2.08. The van der Waals surface area contributed by atoms with E-state index in [9.17, 15) is 0 Å². The predicted molar refractivity (Wildman–Crippen MR) is 84.4 cm³/mol. The molecule has 2 heterocycles. The zero-order valence-electron chi connectivity index (χ0n) is 12.8. The van der Waals surface area contributed by atoms with Crippen molar-refractivity contribution in [1.82, 2.24) is 15.5 Å². The Labute approximate surface area is 129 Å². The molecule has 0 bridgehead atoms. The van der Waals surface area contributed by atoms with E-state index in [4.69, 9.17) is 4.42 Å². The van der Waals surface area contributed by atoms with Gasteiger partial charge >= 0.3 is 6.01 Å². The van der Waals surface area contributed by atoms with Gasteiger partial charge in [0, 0.05) is 16.5 Å². The lowest BCUT2D eigenvalue weighted by molar-refractivity contribution is 0.380. The molecule has 1 aliphatic carbocycles. The number of hydrogen-bond acceptors (Lipinski definition) is 6. The molecule has 0 aliphatic heterocycles. The van der Waals surface area contributed by atoms with Gasteiger partial charge in [0.1, 0.15) is 0 Å². The lowest BCUT2D eigenvalue weighted by Gasteiger charge is -2.19. The molecule has 2 aromatic rings. The summed E-state index contributed by atoms with van der Waals surface area (Å²) in [6.45, 7) is 7.83. The van der Waals surface area contributed by atoms with Crippen molar-refractivity contribution in [3.8, 4) is 0 Å². The number of nitrogens with zero attached hydrogens (tertiary/aromatic N) is 3. The van der Waals surface area contributed by atoms with Gasteiger partial charge in [0.05, 0.1) is 13.1 Å². The van der Waals surface area contributed by atoms with Crippen molar-refractivity contribution in [2.75, 3.05) is 4.90 Å². The minimum Gasteiger partial charge on any atom is -0.407 e. The first-order chi connectivity index (χ1) is 10.0. The highest BCUT2D eigenvalue weighted by atomic mass is 32.1. The second kappa shape index (κ2) is 5.77. The average molecular weight is 306 g/mol. The fraction of sp³-hybridized carbons (Fsp3) is 0.600. The van der Waals surface area contributed by atoms with Crippen molar-refractivity contribution in [3.63, 3.8) is 0 Å². The summed E-state index contributed by atoms with van der Waals surface area (Å²) in [5.74, 6) is 0.650. The van der Waals surface area contributed by atoms with Crippen molar-refractivity contribution in [3.05, 3.63) is 28.3 Å². The summed E-state index contributed by atoms with van der Waals surface area (Å²) in [5, 5.41) is 13.9. The van der Waals surface area contributed by atoms with Gasteiger partial charge in [-0.05, 0) is 45.1 Å². The Morgan fingerprint density at radius 3 is 2.81 bits per heavy atom. The van der Waals surface area contributed by atoms with Crippen LogP contribution in [0.1, 0.15) is 44.4 Å². The molecule has 5 nitrogen and oxygen atoms in total. The Morgan fingerprint density at radius 1 is 1.38 bits per heavy atom. The number of anilines is 1. The third kappa shape index (κ3) is 4.04. The zero-order valence-corrected chi connectivity index (χ0v) is 13.6. The maximum absolute atomic E-state index is 5.84. The third-order valence-electron chi connectivity index (χ3n) is 3.37. The second-order valence-electron chi connectivity index (χ2n) is 6.52. The average Bonchev–Trinajstić information content (AvgIpc) is 2.94. The van der Waals surface area contributed by atoms with Gasteiger partial charge in [-0.3, -0.25) is 0 Å². The molecule has 0 atom stereocenters. The first kappa shape index (κ1) is 14.5. The molecule has 0 spiro atoms. The van der Waals surface area contributed by atoms with Gasteiger partial charge < -0.3 is 14.6 Å². The first-order valence-electron chi connectivity index (χ1n) is 7.38. The minimum atomic E-state index is 0.0434. The molecule has 0 aromatic carbocycles. The van der Waals surface area contributed by atoms with Crippen LogP contribution in [0.5, 0.6) is 0 Å². The molecule has 3 rings (SSSR count). The SMILES string of the molecule is CC(C)(C)NCc1nnc(N(Cc2cccs2)C2CC2)o1. The van der Waals surface area contributed by atoms with E-state index >= 15 is 0 Å². The number of nitrogens with one attached hydrogen (secondary N) is 1. The van der Waals surface area contributed by atoms with Crippen molar-refractivity contribution in [2.24, 2.45) is 0 Å². The first-order valence-corrected chi connectivity index (χ1v) is 8.26. The smallest absolute Gasteiger partial charge is 0.318 e. The molecule has 0 saturated heterocycles. The van der Waals surface area contributed by atoms with Crippen LogP contribution < -0.4 is 10.2 Å². The van der Waals surface area contributed by atoms with Crippen LogP contribution in [0.4, 0.5) is 6.01 Å². The van der Waals surface area contributed by atoms with Crippen LogP contribution in [0.2, 0.25) is 0 Å². The summed E-state index contributed by atoms with van der Waals surface area (Å²) in [7, 11) is 0. The fourth-order valence-corrected chi connectivity index (χ4v) is 2.79. The van der Waals surface area contributed by atoms with Crippen LogP contribution in [-0.4, -0.2) is 21.8 Å². The number of hydrogen-bond donors (Lipinski definition) is 1. The third-order valence-corrected chi connectivity index (χ3v) is 4.23. The molecule has 6 heteroatoms. The van der Waals surface area contributed by atoms with Crippen molar-refractivity contribution in [2.45, 2.75) is 58.3 Å². The van der Waals surface area contributed by atoms with E-state index in [1.807, 2.05) is 0 Å². The van der Waals surface area contributed by atoms with Crippen molar-refractivity contribution >= 4 is 17.4 Å². The summed E-state index contributed by atoms with van der Waals surface area (Å²) in [6, 6.07) is 5.43. The molecule has 21 heavy (non-hydrogen) atoms. The minimum absolute atomic E-state index is 0.0434. The summed E-state index contributed by atoms with van der Waals surface area (Å²) in [5.41, 5.74) is 0.0434. The summed E-state index contributed by atoms with van der Waals surface area (Å²) in [4.78, 5) is 3.56. The maximum Gasteiger partial charge on any atom is 0.318 e. The molecule has 2 aromatic heterocycles. The van der Waals surface area contributed by atoms with Crippen LogP contribution in [0.25, 0.3) is 0 Å². The molecular weight excluding hydrogens is 284 g/mol. The van der Waals surface area contributed by atoms with Gasteiger partial charge in [-0.1, -0.05) is 11.2 Å². The molecule has 0 radical (unpaired) electrons. The Kier molecular flexibility index (Phi) is 3.99. The van der Waals surface area contributed by atoms with Crippen molar-refractivity contribution < 1.29 is 4.42 Å². The van der Waals surface area contributed by atoms with Gasteiger partial charge in [-0.2, -0.15) is 0 Å². The highest BCUT2D eigenvalue weighted by Gasteiger charge is 2.32. The van der Waals surface area contributed by atoms with E-state index in [0.29, 0.717) is 24.5 Å². The normalized spacial score (nSPS) is 15.4. The van der Waals surface area contributed by atoms with E-state index in [0.717, 1.165) is 6.54 Å². The number of thiophene rings is 1. The van der Waals surface area contributed by atoms with E-state index < -0.39 is 0 Å². The number of aromatic nitrogens is 2. The molecule has 1 fully saturated rings. The summed E-state index contributed by atoms with van der Waals surface area (Å²) >= 11 is 1.77. The van der Waals surface area contributed by atoms with Crippen molar-refractivity contribution in [1.29, 1.82) is 0 Å². The largest absolute Gasteiger partial charge is 0.407 e. The van der Waals surface area contributed by atoms with Crippen LogP contribution in [-0.2, 0) is 13.1 Å². The molecule has 0 unspecified atom stereocenters. The van der Waals surface area contributed by atoms with Crippen LogP contribution in [0.15, 0.2) is 21.9 Å². The molecule has 114 valence electrons. The van der Waals surface area contributed by atoms with Gasteiger partial charge in [0.25, 0.3) is 0 Å². The topological polar surface area (TPSA) is 54.2 Å². The van der Waals surface area contributed by atoms with Gasteiger partial charge in [0.2, 0.25) is 5.89 Å². The lowest BCUT2D eigenvalue weighted by Crippen LogP contribution is -2.35. The molecule has 1 aliphatic rings. The Bertz CT molecular complexity index is 569. The van der Waals surface area contributed by atoms with Gasteiger partial charge in [-0.15, -0.1) is 16.4 Å². The summed E-state index contributed by atoms with van der Waals surface area (Å²) < 4.78 is 5.84. The Hall–Kier alpha value is -1.40. The maximum atomic E-state index is 5.84. The van der Waals surface area contributed by atoms with Crippen LogP contribution >= 0.6 is 11.3 Å². The standard InChI is InChI=1S/C15H22N4OS/c1-15(2,3)16-9-13-17-18-14(20-13)19(11-6-7-11)10-12-5-4-8-21-12/h4-5,8,11,16H,6-7,9-10H2,1-3H3. The van der Waals surface area contributed by atoms with Crippen LogP contribution in [0.3, 0.4) is 0 Å². The van der Waals surface area contributed by atoms with Crippen LogP contribution in [0, 0.1) is 0 Å². The Morgan fingerprint density at radius 2 is 2.19 bits per heavy atom. The lowest BCUT2D eigenvalue weighted by atomic mass is 10.1. The summed E-state index contributed by atoms with van der Waals surface area (Å²) in [6.07, 6.45) is 2.42. The van der Waals surface area contributed by atoms with E-state index in [-0.39, 0.29) is 5.54 Å². The molecular formula is C15H22N4OS. The quantitative estimate of drug-likeness (QED) is 0.888. The van der Waals surface area contributed by atoms with Gasteiger partial charge in [0.15, 0.2) is 0 Å².